The Hall–Kier alpha value is -3.72. The molecule has 0 saturated carbocycles. The van der Waals surface area contributed by atoms with Gasteiger partial charge in [-0.15, -0.1) is 0 Å². The Balaban J connectivity index is 1.76. The largest absolute Gasteiger partial charge is 0.481 e. The van der Waals surface area contributed by atoms with Gasteiger partial charge < -0.3 is 21.9 Å². The molecule has 0 bridgehead atoms. The van der Waals surface area contributed by atoms with E-state index in [9.17, 15) is 14.7 Å². The van der Waals surface area contributed by atoms with Gasteiger partial charge in [-0.1, -0.05) is 53.8 Å². The fourth-order valence-electron chi connectivity index (χ4n) is 3.23. The van der Waals surface area contributed by atoms with E-state index in [-0.39, 0.29) is 24.7 Å². The smallest absolute Gasteiger partial charge is 0.303 e. The van der Waals surface area contributed by atoms with Crippen LogP contribution in [0, 0.1) is 6.92 Å². The molecule has 8 nitrogen and oxygen atoms in total. The summed E-state index contributed by atoms with van der Waals surface area (Å²) in [6.07, 6.45) is -0.0557. The zero-order chi connectivity index (χ0) is 22.4. The Morgan fingerprint density at radius 3 is 2.55 bits per heavy atom. The Morgan fingerprint density at radius 1 is 1.13 bits per heavy atom. The number of nitrogens with two attached hydrogens (primary N) is 2. The van der Waals surface area contributed by atoms with Crippen LogP contribution in [0.4, 0.5) is 10.8 Å². The van der Waals surface area contributed by atoms with Crippen molar-refractivity contribution in [2.45, 2.75) is 25.7 Å². The maximum atomic E-state index is 12.7. The second-order valence-corrected chi connectivity index (χ2v) is 7.96. The van der Waals surface area contributed by atoms with E-state index >= 15 is 0 Å². The molecule has 1 unspecified atom stereocenters. The number of nitrogens with zero attached hydrogens (tertiary/aromatic N) is 2. The van der Waals surface area contributed by atoms with E-state index in [0.29, 0.717) is 10.8 Å². The van der Waals surface area contributed by atoms with Crippen molar-refractivity contribution in [1.29, 1.82) is 0 Å². The number of nitrogens with one attached hydrogen (secondary N) is 1. The second-order valence-electron chi connectivity index (χ2n) is 6.99. The molecular weight excluding hydrogens is 414 g/mol. The zero-order valence-electron chi connectivity index (χ0n) is 16.9. The van der Waals surface area contributed by atoms with Crippen LogP contribution in [-0.4, -0.2) is 27.9 Å². The van der Waals surface area contributed by atoms with E-state index in [4.69, 9.17) is 11.5 Å². The Morgan fingerprint density at radius 2 is 1.87 bits per heavy atom. The number of anilines is 1. The van der Waals surface area contributed by atoms with Crippen LogP contribution in [0.2, 0.25) is 0 Å². The quantitative estimate of drug-likeness (QED) is 0.313. The SMILES string of the molecule is Cc1nc(N=C(N)N)sc1-c1cccc(NC(=O)CC(CC(=O)O)c2ccccc2)c1. The van der Waals surface area contributed by atoms with E-state index in [1.807, 2.05) is 55.5 Å². The number of hydrogen-bond donors (Lipinski definition) is 4. The molecule has 6 N–H and O–H groups in total. The van der Waals surface area contributed by atoms with Crippen molar-refractivity contribution in [1.82, 2.24) is 4.98 Å². The molecule has 0 aliphatic rings. The van der Waals surface area contributed by atoms with Crippen LogP contribution < -0.4 is 16.8 Å². The van der Waals surface area contributed by atoms with Gasteiger partial charge in [-0.3, -0.25) is 9.59 Å². The summed E-state index contributed by atoms with van der Waals surface area (Å²) >= 11 is 1.35. The lowest BCUT2D eigenvalue weighted by Crippen LogP contribution is -2.21. The minimum Gasteiger partial charge on any atom is -0.481 e. The maximum absolute atomic E-state index is 12.7. The summed E-state index contributed by atoms with van der Waals surface area (Å²) in [5, 5.41) is 12.6. The van der Waals surface area contributed by atoms with Crippen LogP contribution in [0.5, 0.6) is 0 Å². The fourth-order valence-corrected chi connectivity index (χ4v) is 4.18. The predicted molar refractivity (Wildman–Crippen MR) is 122 cm³/mol. The van der Waals surface area contributed by atoms with E-state index in [2.05, 4.69) is 15.3 Å². The number of carbonyl (C=O) groups is 2. The lowest BCUT2D eigenvalue weighted by molar-refractivity contribution is -0.137. The molecule has 1 aromatic heterocycles. The number of amides is 1. The minimum atomic E-state index is -0.944. The molecule has 9 heteroatoms. The van der Waals surface area contributed by atoms with Gasteiger partial charge in [0.1, 0.15) is 0 Å². The highest BCUT2D eigenvalue weighted by Crippen LogP contribution is 2.35. The van der Waals surface area contributed by atoms with Crippen molar-refractivity contribution >= 4 is 40.0 Å². The van der Waals surface area contributed by atoms with Crippen molar-refractivity contribution in [2.24, 2.45) is 16.5 Å². The van der Waals surface area contributed by atoms with Crippen molar-refractivity contribution < 1.29 is 14.7 Å². The highest BCUT2D eigenvalue weighted by atomic mass is 32.1. The Bertz CT molecular complexity index is 1110. The van der Waals surface area contributed by atoms with Gasteiger partial charge in [0.2, 0.25) is 11.0 Å². The standard InChI is InChI=1S/C22H23N5O3S/c1-13-20(31-22(25-13)27-21(23)24)15-8-5-9-17(10-15)26-18(28)11-16(12-19(29)30)14-6-3-2-4-7-14/h2-10,16H,11-12H2,1H3,(H,26,28)(H,29,30)(H4,23,24,25,27). The average molecular weight is 438 g/mol. The van der Waals surface area contributed by atoms with Crippen LogP contribution >= 0.6 is 11.3 Å². The number of guanidine groups is 1. The number of carbonyl (C=O) groups excluding carboxylic acids is 1. The third-order valence-corrected chi connectivity index (χ3v) is 5.64. The molecular formula is C22H23N5O3S. The monoisotopic (exact) mass is 437 g/mol. The summed E-state index contributed by atoms with van der Waals surface area (Å²) in [5.74, 6) is -1.67. The summed E-state index contributed by atoms with van der Waals surface area (Å²) in [6.45, 7) is 1.86. The number of hydrogen-bond acceptors (Lipinski definition) is 5. The molecule has 1 amide bonds. The van der Waals surface area contributed by atoms with Gasteiger partial charge in [0.15, 0.2) is 5.96 Å². The van der Waals surface area contributed by atoms with Gasteiger partial charge in [0.05, 0.1) is 17.0 Å². The van der Waals surface area contributed by atoms with Gasteiger partial charge in [-0.05, 0) is 30.2 Å². The molecule has 2 aromatic carbocycles. The average Bonchev–Trinajstić information content (AvgIpc) is 3.07. The summed E-state index contributed by atoms with van der Waals surface area (Å²) in [4.78, 5) is 33.1. The van der Waals surface area contributed by atoms with Crippen molar-refractivity contribution in [2.75, 3.05) is 5.32 Å². The number of aliphatic carboxylic acids is 1. The van der Waals surface area contributed by atoms with Gasteiger partial charge in [0, 0.05) is 18.0 Å². The number of rotatable bonds is 8. The second kappa shape index (κ2) is 9.86. The maximum Gasteiger partial charge on any atom is 0.303 e. The highest BCUT2D eigenvalue weighted by molar-refractivity contribution is 7.18. The molecule has 0 saturated heterocycles. The van der Waals surface area contributed by atoms with Crippen LogP contribution in [0.1, 0.15) is 30.0 Å². The molecule has 0 fully saturated rings. The first-order valence-corrected chi connectivity index (χ1v) is 10.4. The van der Waals surface area contributed by atoms with Gasteiger partial charge in [0.25, 0.3) is 0 Å². The minimum absolute atomic E-state index is 0.0596. The lowest BCUT2D eigenvalue weighted by Gasteiger charge is -2.15. The Kier molecular flexibility index (Phi) is 6.99. The molecule has 0 radical (unpaired) electrons. The third-order valence-electron chi connectivity index (χ3n) is 4.54. The zero-order valence-corrected chi connectivity index (χ0v) is 17.7. The molecule has 1 atom stereocenters. The van der Waals surface area contributed by atoms with Crippen LogP contribution in [0.25, 0.3) is 10.4 Å². The normalized spacial score (nSPS) is 11.5. The van der Waals surface area contributed by atoms with E-state index in [1.54, 1.807) is 6.07 Å². The number of aliphatic imine (C=N–C) groups is 1. The van der Waals surface area contributed by atoms with E-state index < -0.39 is 11.9 Å². The molecule has 31 heavy (non-hydrogen) atoms. The summed E-state index contributed by atoms with van der Waals surface area (Å²) < 4.78 is 0. The number of thiazole rings is 1. The van der Waals surface area contributed by atoms with E-state index in [1.165, 1.54) is 11.3 Å². The number of aryl methyl sites for hydroxylation is 1. The predicted octanol–water partition coefficient (Wildman–Crippen LogP) is 3.61. The summed E-state index contributed by atoms with van der Waals surface area (Å²) in [6, 6.07) is 16.6. The van der Waals surface area contributed by atoms with Gasteiger partial charge >= 0.3 is 5.97 Å². The van der Waals surface area contributed by atoms with Crippen molar-refractivity contribution in [3.05, 3.63) is 65.9 Å². The van der Waals surface area contributed by atoms with Crippen LogP contribution in [-0.2, 0) is 9.59 Å². The molecule has 0 aliphatic carbocycles. The molecule has 0 aliphatic heterocycles. The molecule has 160 valence electrons. The topological polar surface area (TPSA) is 144 Å². The van der Waals surface area contributed by atoms with Crippen LogP contribution in [0.15, 0.2) is 59.6 Å². The highest BCUT2D eigenvalue weighted by Gasteiger charge is 2.19. The lowest BCUT2D eigenvalue weighted by atomic mass is 9.92. The molecule has 1 heterocycles. The number of benzene rings is 2. The Labute approximate surface area is 183 Å². The van der Waals surface area contributed by atoms with Gasteiger partial charge in [-0.25, -0.2) is 4.98 Å². The summed E-state index contributed by atoms with van der Waals surface area (Å²) in [7, 11) is 0. The van der Waals surface area contributed by atoms with Gasteiger partial charge in [-0.2, -0.15) is 4.99 Å². The van der Waals surface area contributed by atoms with E-state index in [0.717, 1.165) is 21.7 Å². The van der Waals surface area contributed by atoms with Crippen LogP contribution in [0.3, 0.4) is 0 Å². The fraction of sp³-hybridized carbons (Fsp3) is 0.182. The number of aromatic nitrogens is 1. The first kappa shape index (κ1) is 22.0. The summed E-state index contributed by atoms with van der Waals surface area (Å²) in [5.41, 5.74) is 13.9. The number of carboxylic acids is 1. The molecule has 3 aromatic rings. The third kappa shape index (κ3) is 6.13. The first-order chi connectivity index (χ1) is 14.8. The molecule has 0 spiro atoms. The van der Waals surface area contributed by atoms with Crippen molar-refractivity contribution in [3.63, 3.8) is 0 Å². The molecule has 3 rings (SSSR count). The van der Waals surface area contributed by atoms with Crippen molar-refractivity contribution in [3.8, 4) is 10.4 Å². The number of carboxylic acid groups (broad SMARTS) is 1. The first-order valence-electron chi connectivity index (χ1n) is 9.56.